The highest BCUT2D eigenvalue weighted by Crippen LogP contribution is 2.38. The van der Waals surface area contributed by atoms with Gasteiger partial charge in [0.05, 0.1) is 17.8 Å². The molecule has 0 aliphatic carbocycles. The minimum atomic E-state index is 0.0165. The molecule has 25 heavy (non-hydrogen) atoms. The summed E-state index contributed by atoms with van der Waals surface area (Å²) < 4.78 is 3.27. The number of rotatable bonds is 3. The highest BCUT2D eigenvalue weighted by atomic mass is 79.9. The van der Waals surface area contributed by atoms with Gasteiger partial charge in [0.2, 0.25) is 0 Å². The fourth-order valence-corrected chi connectivity index (χ4v) is 3.81. The fourth-order valence-electron chi connectivity index (χ4n) is 3.30. The summed E-state index contributed by atoms with van der Waals surface area (Å²) in [5.41, 5.74) is 3.28. The van der Waals surface area contributed by atoms with Gasteiger partial charge >= 0.3 is 0 Å². The number of hydrogen-bond acceptors (Lipinski definition) is 2. The number of nitrogens with one attached hydrogen (secondary N) is 1. The molecule has 1 aliphatic heterocycles. The van der Waals surface area contributed by atoms with Gasteiger partial charge in [0.15, 0.2) is 5.11 Å². The largest absolute Gasteiger partial charge is 0.352 e. The standard InChI is InChI=1S/C19H17BrN4S/c1-23-18(17(22-19(23)25)15-5-2-3-11-21-15)16-6-4-12-24(16)14-9-7-13(20)8-10-14/h2-12,17-18H,1H3,(H,22,25)/t17-,18-/m0/s1. The number of aromatic nitrogens is 2. The first-order valence-corrected chi connectivity index (χ1v) is 9.23. The summed E-state index contributed by atoms with van der Waals surface area (Å²) >= 11 is 9.02. The van der Waals surface area contributed by atoms with Crippen LogP contribution in [0.5, 0.6) is 0 Å². The first-order valence-electron chi connectivity index (χ1n) is 8.02. The van der Waals surface area contributed by atoms with E-state index in [0.717, 1.165) is 21.0 Å². The van der Waals surface area contributed by atoms with E-state index >= 15 is 0 Å². The van der Waals surface area contributed by atoms with Crippen molar-refractivity contribution in [3.8, 4) is 5.69 Å². The number of halogens is 1. The van der Waals surface area contributed by atoms with Crippen molar-refractivity contribution in [3.05, 3.63) is 82.9 Å². The Morgan fingerprint density at radius 2 is 1.88 bits per heavy atom. The van der Waals surface area contributed by atoms with Crippen molar-refractivity contribution in [1.82, 2.24) is 19.8 Å². The first kappa shape index (κ1) is 16.3. The van der Waals surface area contributed by atoms with Gasteiger partial charge in [0, 0.05) is 35.3 Å². The Bertz CT molecular complexity index is 891. The molecule has 0 spiro atoms. The van der Waals surface area contributed by atoms with Gasteiger partial charge in [-0.25, -0.2) is 0 Å². The first-order chi connectivity index (χ1) is 12.1. The van der Waals surface area contributed by atoms with Gasteiger partial charge < -0.3 is 14.8 Å². The number of benzene rings is 1. The summed E-state index contributed by atoms with van der Waals surface area (Å²) in [6.45, 7) is 0. The SMILES string of the molecule is CN1C(=S)N[C@@H](c2ccccn2)[C@@H]1c1cccn1-c1ccc(Br)cc1. The van der Waals surface area contributed by atoms with Crippen LogP contribution < -0.4 is 5.32 Å². The number of nitrogens with zero attached hydrogens (tertiary/aromatic N) is 3. The summed E-state index contributed by atoms with van der Waals surface area (Å²) in [7, 11) is 2.03. The molecule has 2 aromatic heterocycles. The van der Waals surface area contributed by atoms with E-state index in [1.807, 2.05) is 31.4 Å². The minimum Gasteiger partial charge on any atom is -0.352 e. The molecule has 0 radical (unpaired) electrons. The maximum atomic E-state index is 5.52. The van der Waals surface area contributed by atoms with Crippen LogP contribution in [0.3, 0.4) is 0 Å². The Labute approximate surface area is 160 Å². The highest BCUT2D eigenvalue weighted by Gasteiger charge is 2.39. The molecule has 1 aromatic carbocycles. The lowest BCUT2D eigenvalue weighted by atomic mass is 10.0. The molecular weight excluding hydrogens is 396 g/mol. The summed E-state index contributed by atoms with van der Waals surface area (Å²) in [6.07, 6.45) is 3.91. The van der Waals surface area contributed by atoms with Crippen LogP contribution in [0.1, 0.15) is 23.5 Å². The molecule has 1 fully saturated rings. The zero-order valence-electron chi connectivity index (χ0n) is 13.6. The van der Waals surface area contributed by atoms with Crippen LogP contribution in [0.4, 0.5) is 0 Å². The van der Waals surface area contributed by atoms with Gasteiger partial charge in [0.25, 0.3) is 0 Å². The minimum absolute atomic E-state index is 0.0165. The van der Waals surface area contributed by atoms with Crippen LogP contribution in [0.15, 0.2) is 71.5 Å². The van der Waals surface area contributed by atoms with E-state index in [4.69, 9.17) is 12.2 Å². The van der Waals surface area contributed by atoms with Crippen LogP contribution in [0, 0.1) is 0 Å². The molecule has 6 heteroatoms. The third-order valence-electron chi connectivity index (χ3n) is 4.53. The molecule has 4 rings (SSSR count). The van der Waals surface area contributed by atoms with E-state index in [-0.39, 0.29) is 12.1 Å². The molecule has 3 heterocycles. The molecule has 0 unspecified atom stereocenters. The Balaban J connectivity index is 1.78. The fraction of sp³-hybridized carbons (Fsp3) is 0.158. The van der Waals surface area contributed by atoms with Crippen LogP contribution in [0.25, 0.3) is 5.69 Å². The van der Waals surface area contributed by atoms with Crippen molar-refractivity contribution in [3.63, 3.8) is 0 Å². The third kappa shape index (κ3) is 2.96. The van der Waals surface area contributed by atoms with E-state index < -0.39 is 0 Å². The van der Waals surface area contributed by atoms with E-state index in [0.29, 0.717) is 0 Å². The lowest BCUT2D eigenvalue weighted by Gasteiger charge is -2.25. The number of likely N-dealkylation sites (N-methyl/N-ethyl adjacent to an activating group) is 1. The monoisotopic (exact) mass is 412 g/mol. The van der Waals surface area contributed by atoms with Crippen molar-refractivity contribution in [2.24, 2.45) is 0 Å². The van der Waals surface area contributed by atoms with E-state index in [9.17, 15) is 0 Å². The Morgan fingerprint density at radius 1 is 1.08 bits per heavy atom. The zero-order valence-corrected chi connectivity index (χ0v) is 16.0. The van der Waals surface area contributed by atoms with Gasteiger partial charge in [0.1, 0.15) is 0 Å². The second-order valence-corrected chi connectivity index (χ2v) is 7.32. The molecule has 2 atom stereocenters. The van der Waals surface area contributed by atoms with Gasteiger partial charge in [-0.2, -0.15) is 0 Å². The molecule has 0 bridgehead atoms. The summed E-state index contributed by atoms with van der Waals surface area (Å²) in [4.78, 5) is 6.65. The second kappa shape index (κ2) is 6.61. The Kier molecular flexibility index (Phi) is 4.31. The smallest absolute Gasteiger partial charge is 0.169 e. The summed E-state index contributed by atoms with van der Waals surface area (Å²) in [5.74, 6) is 0. The Morgan fingerprint density at radius 3 is 2.60 bits per heavy atom. The van der Waals surface area contributed by atoms with Crippen LogP contribution in [-0.2, 0) is 0 Å². The number of hydrogen-bond donors (Lipinski definition) is 1. The predicted molar refractivity (Wildman–Crippen MR) is 107 cm³/mol. The Hall–Kier alpha value is -2.18. The number of thiocarbonyl (C=S) groups is 1. The lowest BCUT2D eigenvalue weighted by Crippen LogP contribution is -2.25. The van der Waals surface area contributed by atoms with Gasteiger partial charge in [-0.1, -0.05) is 22.0 Å². The van der Waals surface area contributed by atoms with Crippen molar-refractivity contribution in [2.75, 3.05) is 7.05 Å². The second-order valence-electron chi connectivity index (χ2n) is 6.02. The van der Waals surface area contributed by atoms with Crippen LogP contribution in [0.2, 0.25) is 0 Å². The van der Waals surface area contributed by atoms with E-state index in [2.05, 4.69) is 78.3 Å². The molecule has 4 nitrogen and oxygen atoms in total. The van der Waals surface area contributed by atoms with Crippen molar-refractivity contribution in [2.45, 2.75) is 12.1 Å². The van der Waals surface area contributed by atoms with Gasteiger partial charge in [-0.15, -0.1) is 0 Å². The van der Waals surface area contributed by atoms with E-state index in [1.54, 1.807) is 0 Å². The molecule has 1 saturated heterocycles. The molecular formula is C19H17BrN4S. The van der Waals surface area contributed by atoms with Crippen molar-refractivity contribution in [1.29, 1.82) is 0 Å². The molecule has 1 aliphatic rings. The average molecular weight is 413 g/mol. The third-order valence-corrected chi connectivity index (χ3v) is 5.46. The predicted octanol–water partition coefficient (Wildman–Crippen LogP) is 4.24. The molecule has 0 amide bonds. The number of pyridine rings is 1. The molecule has 0 saturated carbocycles. The van der Waals surface area contributed by atoms with Gasteiger partial charge in [-0.05, 0) is 60.7 Å². The van der Waals surface area contributed by atoms with E-state index in [1.165, 1.54) is 5.69 Å². The van der Waals surface area contributed by atoms with Gasteiger partial charge in [-0.3, -0.25) is 4.98 Å². The van der Waals surface area contributed by atoms with Crippen LogP contribution in [-0.4, -0.2) is 26.6 Å². The van der Waals surface area contributed by atoms with Crippen LogP contribution >= 0.6 is 28.1 Å². The summed E-state index contributed by atoms with van der Waals surface area (Å²) in [5, 5.41) is 4.16. The lowest BCUT2D eigenvalue weighted by molar-refractivity contribution is 0.357. The topological polar surface area (TPSA) is 33.1 Å². The molecule has 126 valence electrons. The quantitative estimate of drug-likeness (QED) is 0.652. The van der Waals surface area contributed by atoms with Crippen molar-refractivity contribution < 1.29 is 0 Å². The summed E-state index contributed by atoms with van der Waals surface area (Å²) in [6, 6.07) is 18.6. The van der Waals surface area contributed by atoms with Crippen molar-refractivity contribution >= 4 is 33.3 Å². The molecule has 1 N–H and O–H groups in total. The highest BCUT2D eigenvalue weighted by molar-refractivity contribution is 9.10. The maximum absolute atomic E-state index is 5.52. The zero-order chi connectivity index (χ0) is 17.4. The maximum Gasteiger partial charge on any atom is 0.169 e. The molecule has 3 aromatic rings. The normalized spacial score (nSPS) is 19.9. The average Bonchev–Trinajstić information content (AvgIpc) is 3.22.